The van der Waals surface area contributed by atoms with Crippen LogP contribution in [0.5, 0.6) is 0 Å². The molecule has 4 heterocycles. The number of amides is 1. The van der Waals surface area contributed by atoms with Gasteiger partial charge in [-0.1, -0.05) is 12.8 Å². The molecule has 218 valence electrons. The molecule has 1 aliphatic heterocycles. The van der Waals surface area contributed by atoms with Gasteiger partial charge in [0.15, 0.2) is 11.5 Å². The Morgan fingerprint density at radius 3 is 2.65 bits per heavy atom. The van der Waals surface area contributed by atoms with Crippen LogP contribution in [0.1, 0.15) is 25.7 Å². The van der Waals surface area contributed by atoms with Crippen molar-refractivity contribution in [3.05, 3.63) is 34.0 Å². The van der Waals surface area contributed by atoms with Crippen LogP contribution in [0, 0.1) is 5.92 Å². The van der Waals surface area contributed by atoms with Crippen molar-refractivity contribution < 1.29 is 18.4 Å². The SMILES string of the molecule is NC(=O)C(C(N)N)C(NCN[C@H]1CCCC[C@H]1N)Nc1cc(-c2coc3c(=O)cc(N4CCOCC4)oc23)cs1. The van der Waals surface area contributed by atoms with E-state index in [9.17, 15) is 9.59 Å². The van der Waals surface area contributed by atoms with Crippen LogP contribution >= 0.6 is 11.3 Å². The Labute approximate surface area is 235 Å². The predicted molar refractivity (Wildman–Crippen MR) is 155 cm³/mol. The summed E-state index contributed by atoms with van der Waals surface area (Å²) in [4.78, 5) is 27.0. The lowest BCUT2D eigenvalue weighted by molar-refractivity contribution is -0.123. The van der Waals surface area contributed by atoms with Crippen LogP contribution in [0.4, 0.5) is 10.9 Å². The first-order valence-corrected chi connectivity index (χ1v) is 14.5. The van der Waals surface area contributed by atoms with Crippen LogP contribution in [-0.4, -0.2) is 63.3 Å². The van der Waals surface area contributed by atoms with Gasteiger partial charge in [-0.3, -0.25) is 14.9 Å². The van der Waals surface area contributed by atoms with E-state index in [1.54, 1.807) is 0 Å². The Balaban J connectivity index is 1.35. The van der Waals surface area contributed by atoms with Gasteiger partial charge in [-0.15, -0.1) is 11.3 Å². The Morgan fingerprint density at radius 2 is 1.93 bits per heavy atom. The second-order valence-electron chi connectivity index (χ2n) is 10.3. The number of ether oxygens (including phenoxy) is 1. The maximum Gasteiger partial charge on any atom is 0.230 e. The highest BCUT2D eigenvalue weighted by atomic mass is 32.1. The minimum atomic E-state index is -0.982. The van der Waals surface area contributed by atoms with E-state index in [-0.39, 0.29) is 23.1 Å². The lowest BCUT2D eigenvalue weighted by atomic mass is 9.91. The number of hydrogen-bond donors (Lipinski definition) is 7. The molecule has 1 amide bonds. The van der Waals surface area contributed by atoms with Gasteiger partial charge in [-0.05, 0) is 18.9 Å². The summed E-state index contributed by atoms with van der Waals surface area (Å²) in [6.45, 7) is 2.78. The lowest BCUT2D eigenvalue weighted by Gasteiger charge is -2.33. The summed E-state index contributed by atoms with van der Waals surface area (Å²) in [6.07, 6.45) is 4.11. The van der Waals surface area contributed by atoms with Crippen molar-refractivity contribution in [3.63, 3.8) is 0 Å². The molecule has 40 heavy (non-hydrogen) atoms. The zero-order chi connectivity index (χ0) is 28.2. The summed E-state index contributed by atoms with van der Waals surface area (Å²) in [7, 11) is 0. The van der Waals surface area contributed by atoms with E-state index in [1.165, 1.54) is 23.7 Å². The van der Waals surface area contributed by atoms with Crippen LogP contribution in [0.15, 0.2) is 37.4 Å². The summed E-state index contributed by atoms with van der Waals surface area (Å²) >= 11 is 1.41. The first-order valence-electron chi connectivity index (χ1n) is 13.6. The van der Waals surface area contributed by atoms with Crippen LogP contribution < -0.4 is 49.2 Å². The van der Waals surface area contributed by atoms with Crippen molar-refractivity contribution in [1.82, 2.24) is 10.6 Å². The van der Waals surface area contributed by atoms with E-state index in [1.807, 2.05) is 16.3 Å². The number of morpholine rings is 1. The van der Waals surface area contributed by atoms with Crippen LogP contribution in [0.3, 0.4) is 0 Å². The van der Waals surface area contributed by atoms with Gasteiger partial charge >= 0.3 is 0 Å². The number of anilines is 2. The Hall–Kier alpha value is -2.98. The number of primary amides is 1. The quantitative estimate of drug-likeness (QED) is 0.155. The maximum atomic E-state index is 12.8. The zero-order valence-corrected chi connectivity index (χ0v) is 23.1. The van der Waals surface area contributed by atoms with Crippen molar-refractivity contribution in [2.45, 2.75) is 50.1 Å². The molecule has 13 nitrogen and oxygen atoms in total. The van der Waals surface area contributed by atoms with Gasteiger partial charge in [0, 0.05) is 42.8 Å². The van der Waals surface area contributed by atoms with Crippen molar-refractivity contribution >= 4 is 39.3 Å². The van der Waals surface area contributed by atoms with E-state index < -0.39 is 24.2 Å². The van der Waals surface area contributed by atoms with E-state index >= 15 is 0 Å². The van der Waals surface area contributed by atoms with E-state index in [2.05, 4.69) is 16.0 Å². The monoisotopic (exact) mass is 574 g/mol. The number of fused-ring (bicyclic) bond motifs is 1. The summed E-state index contributed by atoms with van der Waals surface area (Å²) in [5.74, 6) is -1.03. The molecule has 0 bridgehead atoms. The van der Waals surface area contributed by atoms with Gasteiger partial charge < -0.3 is 52.0 Å². The molecule has 1 aliphatic carbocycles. The number of carbonyl (C=O) groups is 1. The van der Waals surface area contributed by atoms with Crippen LogP contribution in [-0.2, 0) is 9.53 Å². The second-order valence-corrected chi connectivity index (χ2v) is 11.2. The van der Waals surface area contributed by atoms with E-state index in [0.29, 0.717) is 50.0 Å². The van der Waals surface area contributed by atoms with E-state index in [4.69, 9.17) is 36.5 Å². The molecule has 2 unspecified atom stereocenters. The highest BCUT2D eigenvalue weighted by Gasteiger charge is 2.31. The summed E-state index contributed by atoms with van der Waals surface area (Å²) in [6, 6.07) is 3.60. The molecule has 0 aromatic carbocycles. The highest BCUT2D eigenvalue weighted by molar-refractivity contribution is 7.14. The predicted octanol–water partition coefficient (Wildman–Crippen LogP) is 0.441. The number of carbonyl (C=O) groups excluding carboxylic acids is 1. The fraction of sp³-hybridized carbons (Fsp3) is 0.538. The molecular formula is C26H38N8O5S. The van der Waals surface area contributed by atoms with Gasteiger partial charge in [-0.25, -0.2) is 0 Å². The van der Waals surface area contributed by atoms with Crippen LogP contribution in [0.2, 0.25) is 0 Å². The molecule has 4 atom stereocenters. The number of hydrogen-bond acceptors (Lipinski definition) is 13. The average molecular weight is 575 g/mol. The minimum Gasteiger partial charge on any atom is -0.456 e. The van der Waals surface area contributed by atoms with Crippen molar-refractivity contribution in [1.29, 1.82) is 0 Å². The van der Waals surface area contributed by atoms with Crippen molar-refractivity contribution in [2.75, 3.05) is 43.2 Å². The Kier molecular flexibility index (Phi) is 9.05. The molecule has 1 saturated carbocycles. The number of nitrogens with zero attached hydrogens (tertiary/aromatic N) is 1. The summed E-state index contributed by atoms with van der Waals surface area (Å²) in [5.41, 5.74) is 25.6. The Morgan fingerprint density at radius 1 is 1.15 bits per heavy atom. The maximum absolute atomic E-state index is 12.8. The lowest BCUT2D eigenvalue weighted by Crippen LogP contribution is -2.60. The molecule has 3 aromatic rings. The van der Waals surface area contributed by atoms with Gasteiger partial charge in [0.25, 0.3) is 0 Å². The third-order valence-electron chi connectivity index (χ3n) is 7.57. The molecule has 0 spiro atoms. The molecule has 0 radical (unpaired) electrons. The van der Waals surface area contributed by atoms with Crippen LogP contribution in [0.25, 0.3) is 22.3 Å². The normalized spacial score (nSPS) is 21.6. The number of nitrogens with one attached hydrogen (secondary N) is 3. The fourth-order valence-corrected chi connectivity index (χ4v) is 6.17. The number of nitrogens with two attached hydrogens (primary N) is 4. The van der Waals surface area contributed by atoms with Crippen molar-refractivity contribution in [2.24, 2.45) is 28.9 Å². The summed E-state index contributed by atoms with van der Waals surface area (Å²) in [5, 5.41) is 12.7. The minimum absolute atomic E-state index is 0.0825. The standard InChI is InChI=1S/C26H38N8O5S/c27-16-3-1-2-4-17(16)31-13-32-26(21(24(28)29)25(30)36)33-19-9-14(12-40-19)15-11-38-23-18(35)10-20(39-22(15)23)34-5-7-37-8-6-34/h9-12,16-17,21,24,26,31-33H,1-8,13,27-29H2,(H2,30,36)/t16-,17+,21?,26?/m1/s1. The molecule has 3 aromatic heterocycles. The Bertz CT molecular complexity index is 1350. The van der Waals surface area contributed by atoms with Gasteiger partial charge in [0.05, 0.1) is 48.1 Å². The molecular weight excluding hydrogens is 536 g/mol. The topological polar surface area (TPSA) is 213 Å². The van der Waals surface area contributed by atoms with Gasteiger partial charge in [0.1, 0.15) is 6.26 Å². The summed E-state index contributed by atoms with van der Waals surface area (Å²) < 4.78 is 17.2. The third kappa shape index (κ3) is 6.33. The first-order chi connectivity index (χ1) is 19.3. The number of furan rings is 1. The molecule has 14 heteroatoms. The third-order valence-corrected chi connectivity index (χ3v) is 8.43. The second kappa shape index (κ2) is 12.7. The van der Waals surface area contributed by atoms with E-state index in [0.717, 1.165) is 36.2 Å². The number of rotatable bonds is 11. The smallest absolute Gasteiger partial charge is 0.230 e. The largest absolute Gasteiger partial charge is 0.456 e. The molecule has 1 saturated heterocycles. The number of thiophene rings is 1. The first kappa shape index (κ1) is 28.5. The highest BCUT2D eigenvalue weighted by Crippen LogP contribution is 2.36. The molecule has 2 fully saturated rings. The fourth-order valence-electron chi connectivity index (χ4n) is 5.33. The molecule has 5 rings (SSSR count). The van der Waals surface area contributed by atoms with Gasteiger partial charge in [-0.2, -0.15) is 0 Å². The average Bonchev–Trinajstić information content (AvgIpc) is 3.57. The van der Waals surface area contributed by atoms with Crippen molar-refractivity contribution in [3.8, 4) is 11.1 Å². The molecule has 11 N–H and O–H groups in total. The molecule has 2 aliphatic rings. The zero-order valence-electron chi connectivity index (χ0n) is 22.3. The van der Waals surface area contributed by atoms with Gasteiger partial charge in [0.2, 0.25) is 16.9 Å².